The lowest BCUT2D eigenvalue weighted by molar-refractivity contribution is 0.146. The zero-order chi connectivity index (χ0) is 13.7. The molecule has 0 amide bonds. The Kier molecular flexibility index (Phi) is 5.89. The Bertz CT molecular complexity index is 369. The third kappa shape index (κ3) is 4.14. The highest BCUT2D eigenvalue weighted by atomic mass is 16.3. The molecule has 104 valence electrons. The van der Waals surface area contributed by atoms with E-state index in [4.69, 9.17) is 0 Å². The van der Waals surface area contributed by atoms with Gasteiger partial charge in [-0.2, -0.15) is 0 Å². The van der Waals surface area contributed by atoms with E-state index < -0.39 is 0 Å². The van der Waals surface area contributed by atoms with Crippen LogP contribution in [0.25, 0.3) is 0 Å². The Hall–Kier alpha value is -0.800. The van der Waals surface area contributed by atoms with Gasteiger partial charge in [-0.15, -0.1) is 0 Å². The van der Waals surface area contributed by atoms with Gasteiger partial charge in [-0.05, 0) is 44.7 Å². The molecule has 0 saturated heterocycles. The Morgan fingerprint density at radius 3 is 2.50 bits per heavy atom. The van der Waals surface area contributed by atoms with Crippen molar-refractivity contribution in [3.05, 3.63) is 23.0 Å². The van der Waals surface area contributed by atoms with E-state index in [9.17, 15) is 5.11 Å². The minimum absolute atomic E-state index is 0.236. The first kappa shape index (κ1) is 15.3. The molecule has 1 heterocycles. The summed E-state index contributed by atoms with van der Waals surface area (Å²) in [6, 6.07) is 2.24. The number of aliphatic hydroxyl groups excluding tert-OH is 1. The van der Waals surface area contributed by atoms with Gasteiger partial charge in [0.2, 0.25) is 0 Å². The smallest absolute Gasteiger partial charge is 0.0667 e. The van der Waals surface area contributed by atoms with Gasteiger partial charge in [-0.3, -0.25) is 0 Å². The van der Waals surface area contributed by atoms with Gasteiger partial charge in [0.25, 0.3) is 0 Å². The molecular formula is C15H28N2O. The fraction of sp³-hybridized carbons (Fsp3) is 0.733. The second-order valence-corrected chi connectivity index (χ2v) is 5.55. The third-order valence-corrected chi connectivity index (χ3v) is 3.43. The molecule has 3 nitrogen and oxygen atoms in total. The number of aromatic nitrogens is 1. The fourth-order valence-electron chi connectivity index (χ4n) is 2.54. The van der Waals surface area contributed by atoms with Crippen LogP contribution in [-0.4, -0.2) is 22.3 Å². The molecule has 0 saturated carbocycles. The van der Waals surface area contributed by atoms with Crippen LogP contribution in [0.2, 0.25) is 0 Å². The first-order valence-corrected chi connectivity index (χ1v) is 7.00. The number of aryl methyl sites for hydroxylation is 1. The van der Waals surface area contributed by atoms with Crippen LogP contribution in [-0.2, 0) is 13.1 Å². The van der Waals surface area contributed by atoms with Crippen molar-refractivity contribution >= 4 is 0 Å². The lowest BCUT2D eigenvalue weighted by atomic mass is 10.1. The van der Waals surface area contributed by atoms with Crippen LogP contribution >= 0.6 is 0 Å². The van der Waals surface area contributed by atoms with Gasteiger partial charge < -0.3 is 15.0 Å². The maximum Gasteiger partial charge on any atom is 0.0667 e. The van der Waals surface area contributed by atoms with Crippen molar-refractivity contribution in [3.63, 3.8) is 0 Å². The average molecular weight is 252 g/mol. The first-order valence-electron chi connectivity index (χ1n) is 7.00. The summed E-state index contributed by atoms with van der Waals surface area (Å²) in [5.74, 6) is 0.548. The van der Waals surface area contributed by atoms with Gasteiger partial charge >= 0.3 is 0 Å². The predicted octanol–water partition coefficient (Wildman–Crippen LogP) is 2.62. The van der Waals surface area contributed by atoms with E-state index in [1.54, 1.807) is 0 Å². The summed E-state index contributed by atoms with van der Waals surface area (Å²) in [6.45, 7) is 13.3. The van der Waals surface area contributed by atoms with Gasteiger partial charge in [0.15, 0.2) is 0 Å². The van der Waals surface area contributed by atoms with E-state index in [1.807, 2.05) is 0 Å². The van der Waals surface area contributed by atoms with Crippen LogP contribution in [0.15, 0.2) is 6.07 Å². The second kappa shape index (κ2) is 6.95. The zero-order valence-electron chi connectivity index (χ0n) is 12.5. The fourth-order valence-corrected chi connectivity index (χ4v) is 2.54. The highest BCUT2D eigenvalue weighted by molar-refractivity contribution is 5.26. The third-order valence-electron chi connectivity index (χ3n) is 3.43. The van der Waals surface area contributed by atoms with E-state index in [-0.39, 0.29) is 6.10 Å². The van der Waals surface area contributed by atoms with Gasteiger partial charge in [0.1, 0.15) is 0 Å². The summed E-state index contributed by atoms with van der Waals surface area (Å²) >= 11 is 0. The van der Waals surface area contributed by atoms with E-state index in [1.165, 1.54) is 17.0 Å². The molecule has 0 aliphatic carbocycles. The van der Waals surface area contributed by atoms with E-state index in [2.05, 4.69) is 50.6 Å². The summed E-state index contributed by atoms with van der Waals surface area (Å²) in [5.41, 5.74) is 3.99. The molecule has 18 heavy (non-hydrogen) atoms. The maximum atomic E-state index is 9.81. The molecule has 2 N–H and O–H groups in total. The van der Waals surface area contributed by atoms with Crippen molar-refractivity contribution in [2.45, 2.75) is 60.2 Å². The Morgan fingerprint density at radius 2 is 2.00 bits per heavy atom. The van der Waals surface area contributed by atoms with Crippen molar-refractivity contribution in [2.24, 2.45) is 5.92 Å². The Labute approximate surface area is 111 Å². The Morgan fingerprint density at radius 1 is 1.33 bits per heavy atom. The van der Waals surface area contributed by atoms with Crippen LogP contribution in [0.3, 0.4) is 0 Å². The van der Waals surface area contributed by atoms with Crippen LogP contribution in [0, 0.1) is 19.8 Å². The SMILES string of the molecule is CCn1c(C)cc(CNCC(O)CC(C)C)c1C. The summed E-state index contributed by atoms with van der Waals surface area (Å²) < 4.78 is 2.32. The van der Waals surface area contributed by atoms with E-state index in [0.717, 1.165) is 19.5 Å². The van der Waals surface area contributed by atoms with Crippen LogP contribution in [0.1, 0.15) is 44.1 Å². The minimum atomic E-state index is -0.236. The van der Waals surface area contributed by atoms with E-state index >= 15 is 0 Å². The maximum absolute atomic E-state index is 9.81. The number of rotatable bonds is 7. The molecule has 1 aromatic heterocycles. The topological polar surface area (TPSA) is 37.2 Å². The lowest BCUT2D eigenvalue weighted by Crippen LogP contribution is -2.27. The molecule has 1 unspecified atom stereocenters. The molecule has 1 atom stereocenters. The molecule has 0 fully saturated rings. The Balaban J connectivity index is 2.44. The first-order chi connectivity index (χ1) is 8.45. The summed E-state index contributed by atoms with van der Waals surface area (Å²) in [6.07, 6.45) is 0.626. The van der Waals surface area contributed by atoms with E-state index in [0.29, 0.717) is 12.5 Å². The average Bonchev–Trinajstić information content (AvgIpc) is 2.53. The number of aliphatic hydroxyl groups is 1. The highest BCUT2D eigenvalue weighted by Gasteiger charge is 2.09. The minimum Gasteiger partial charge on any atom is -0.392 e. The molecule has 0 radical (unpaired) electrons. The molecule has 0 bridgehead atoms. The molecule has 0 aliphatic heterocycles. The molecule has 1 aromatic rings. The molecule has 0 aromatic carbocycles. The van der Waals surface area contributed by atoms with Crippen molar-refractivity contribution in [3.8, 4) is 0 Å². The summed E-state index contributed by atoms with van der Waals surface area (Å²) in [4.78, 5) is 0. The number of nitrogens with zero attached hydrogens (tertiary/aromatic N) is 1. The van der Waals surface area contributed by atoms with Gasteiger partial charge in [-0.25, -0.2) is 0 Å². The monoisotopic (exact) mass is 252 g/mol. The molecule has 1 rings (SSSR count). The molecule has 0 spiro atoms. The standard InChI is InChI=1S/C15H28N2O/c1-6-17-12(4)8-14(13(17)5)9-16-10-15(18)7-11(2)3/h8,11,15-16,18H,6-7,9-10H2,1-5H3. The van der Waals surface area contributed by atoms with Gasteiger partial charge in [0, 0.05) is 31.0 Å². The number of hydrogen-bond donors (Lipinski definition) is 2. The van der Waals surface area contributed by atoms with Gasteiger partial charge in [0.05, 0.1) is 6.10 Å². The van der Waals surface area contributed by atoms with Crippen molar-refractivity contribution in [2.75, 3.05) is 6.54 Å². The predicted molar refractivity (Wildman–Crippen MR) is 76.7 cm³/mol. The van der Waals surface area contributed by atoms with Crippen molar-refractivity contribution in [1.82, 2.24) is 9.88 Å². The quantitative estimate of drug-likeness (QED) is 0.783. The molecule has 0 aliphatic rings. The second-order valence-electron chi connectivity index (χ2n) is 5.55. The summed E-state index contributed by atoms with van der Waals surface area (Å²) in [5, 5.41) is 13.2. The van der Waals surface area contributed by atoms with Crippen LogP contribution < -0.4 is 5.32 Å². The van der Waals surface area contributed by atoms with Crippen LogP contribution in [0.5, 0.6) is 0 Å². The van der Waals surface area contributed by atoms with Crippen molar-refractivity contribution in [1.29, 1.82) is 0 Å². The molecule has 3 heteroatoms. The van der Waals surface area contributed by atoms with Crippen molar-refractivity contribution < 1.29 is 5.11 Å². The normalized spacial score (nSPS) is 13.3. The number of hydrogen-bond acceptors (Lipinski definition) is 2. The van der Waals surface area contributed by atoms with Gasteiger partial charge in [-0.1, -0.05) is 13.8 Å². The van der Waals surface area contributed by atoms with Crippen LogP contribution in [0.4, 0.5) is 0 Å². The highest BCUT2D eigenvalue weighted by Crippen LogP contribution is 2.14. The lowest BCUT2D eigenvalue weighted by Gasteiger charge is -2.14. The molecular weight excluding hydrogens is 224 g/mol. The number of nitrogens with one attached hydrogen (secondary N) is 1. The zero-order valence-corrected chi connectivity index (χ0v) is 12.5. The summed E-state index contributed by atoms with van der Waals surface area (Å²) in [7, 11) is 0. The largest absolute Gasteiger partial charge is 0.392 e.